The fraction of sp³-hybridized carbons (Fsp3) is 0.222. The molecule has 0 bridgehead atoms. The third kappa shape index (κ3) is 5.40. The Bertz CT molecular complexity index is 694. The van der Waals surface area contributed by atoms with Crippen LogP contribution in [0.1, 0.15) is 12.5 Å². The number of hydrogen-bond donors (Lipinski definition) is 2. The molecule has 0 saturated carbocycles. The van der Waals surface area contributed by atoms with Crippen LogP contribution in [0.4, 0.5) is 0 Å². The molecule has 0 amide bonds. The summed E-state index contributed by atoms with van der Waals surface area (Å²) >= 11 is 0. The zero-order valence-corrected chi connectivity index (χ0v) is 13.3. The van der Waals surface area contributed by atoms with Gasteiger partial charge in [0.1, 0.15) is 29.9 Å². The molecule has 0 radical (unpaired) electrons. The van der Waals surface area contributed by atoms with Crippen LogP contribution in [0.15, 0.2) is 48.5 Å². The second-order valence-electron chi connectivity index (χ2n) is 5.36. The molecular weight excluding hydrogens is 310 g/mol. The van der Waals surface area contributed by atoms with Gasteiger partial charge in [0.15, 0.2) is 5.78 Å². The lowest BCUT2D eigenvalue weighted by Gasteiger charge is -2.09. The Kier molecular flexibility index (Phi) is 5.92. The van der Waals surface area contributed by atoms with Gasteiger partial charge in [-0.15, -0.1) is 0 Å². The van der Waals surface area contributed by atoms with Crippen molar-refractivity contribution in [2.24, 2.45) is 5.73 Å². The number of Topliss-reactive ketones (excluding diaryl/α,β-unsaturated/α-hetero) is 1. The minimum atomic E-state index is -1.03. The maximum Gasteiger partial charge on any atom is 0.320 e. The number of carboxylic acid groups (broad SMARTS) is 1. The number of hydrogen-bond acceptors (Lipinski definition) is 5. The zero-order chi connectivity index (χ0) is 17.5. The van der Waals surface area contributed by atoms with Crippen molar-refractivity contribution in [3.63, 3.8) is 0 Å². The van der Waals surface area contributed by atoms with Gasteiger partial charge in [-0.25, -0.2) is 0 Å². The number of carboxylic acids is 1. The van der Waals surface area contributed by atoms with Crippen LogP contribution in [0, 0.1) is 0 Å². The molecule has 0 spiro atoms. The second kappa shape index (κ2) is 8.12. The summed E-state index contributed by atoms with van der Waals surface area (Å²) in [5.74, 6) is 0.774. The average molecular weight is 329 g/mol. The van der Waals surface area contributed by atoms with Crippen LogP contribution in [-0.2, 0) is 16.0 Å². The molecule has 3 N–H and O–H groups in total. The van der Waals surface area contributed by atoms with Crippen LogP contribution in [0.25, 0.3) is 0 Å². The molecule has 0 heterocycles. The fourth-order valence-electron chi connectivity index (χ4n) is 1.96. The number of aliphatic carboxylic acids is 1. The van der Waals surface area contributed by atoms with E-state index in [1.807, 2.05) is 0 Å². The molecule has 126 valence electrons. The van der Waals surface area contributed by atoms with Gasteiger partial charge in [-0.2, -0.15) is 0 Å². The minimum absolute atomic E-state index is 0.0418. The summed E-state index contributed by atoms with van der Waals surface area (Å²) in [6, 6.07) is 13.1. The number of nitrogens with two attached hydrogens (primary N) is 1. The van der Waals surface area contributed by atoms with E-state index in [-0.39, 0.29) is 18.8 Å². The highest BCUT2D eigenvalue weighted by Crippen LogP contribution is 2.24. The summed E-state index contributed by atoms with van der Waals surface area (Å²) in [6.07, 6.45) is 0.262. The van der Waals surface area contributed by atoms with E-state index in [0.717, 1.165) is 5.56 Å². The van der Waals surface area contributed by atoms with Crippen molar-refractivity contribution in [3.8, 4) is 17.2 Å². The van der Waals surface area contributed by atoms with Crippen molar-refractivity contribution in [1.82, 2.24) is 0 Å². The number of rotatable bonds is 8. The predicted octanol–water partition coefficient (Wildman–Crippen LogP) is 2.40. The second-order valence-corrected chi connectivity index (χ2v) is 5.36. The Hall–Kier alpha value is -2.86. The van der Waals surface area contributed by atoms with Gasteiger partial charge in [0.05, 0.1) is 0 Å². The number of ketones is 1. The number of carbonyl (C=O) groups is 2. The van der Waals surface area contributed by atoms with E-state index in [0.29, 0.717) is 17.2 Å². The highest BCUT2D eigenvalue weighted by molar-refractivity contribution is 5.77. The topological polar surface area (TPSA) is 98.9 Å². The van der Waals surface area contributed by atoms with E-state index in [9.17, 15) is 9.59 Å². The first kappa shape index (κ1) is 17.5. The number of carbonyl (C=O) groups excluding carboxylic acids is 1. The third-order valence-corrected chi connectivity index (χ3v) is 3.20. The van der Waals surface area contributed by atoms with E-state index in [2.05, 4.69) is 0 Å². The Labute approximate surface area is 139 Å². The number of ether oxygens (including phenoxy) is 2. The molecule has 1 unspecified atom stereocenters. The highest BCUT2D eigenvalue weighted by atomic mass is 16.5. The van der Waals surface area contributed by atoms with E-state index in [1.54, 1.807) is 48.5 Å². The molecule has 0 aliphatic heterocycles. The molecule has 2 rings (SSSR count). The van der Waals surface area contributed by atoms with Crippen molar-refractivity contribution in [2.75, 3.05) is 6.61 Å². The van der Waals surface area contributed by atoms with E-state index < -0.39 is 12.0 Å². The highest BCUT2D eigenvalue weighted by Gasteiger charge is 2.11. The molecule has 0 aliphatic rings. The number of benzene rings is 2. The van der Waals surface area contributed by atoms with Crippen LogP contribution in [0.2, 0.25) is 0 Å². The molecule has 2 aromatic rings. The van der Waals surface area contributed by atoms with Gasteiger partial charge in [-0.3, -0.25) is 9.59 Å². The van der Waals surface area contributed by atoms with Gasteiger partial charge >= 0.3 is 5.97 Å². The van der Waals surface area contributed by atoms with E-state index in [4.69, 9.17) is 20.3 Å². The molecular formula is C18H19NO5. The Morgan fingerprint density at radius 3 is 2.00 bits per heavy atom. The largest absolute Gasteiger partial charge is 0.486 e. The van der Waals surface area contributed by atoms with E-state index >= 15 is 0 Å². The normalized spacial score (nSPS) is 11.6. The molecule has 0 saturated heterocycles. The maximum atomic E-state index is 10.9. The van der Waals surface area contributed by atoms with Crippen molar-refractivity contribution in [1.29, 1.82) is 0 Å². The lowest BCUT2D eigenvalue weighted by Crippen LogP contribution is -2.32. The van der Waals surface area contributed by atoms with Gasteiger partial charge in [0, 0.05) is 0 Å². The summed E-state index contributed by atoms with van der Waals surface area (Å²) in [4.78, 5) is 21.6. The fourth-order valence-corrected chi connectivity index (χ4v) is 1.96. The van der Waals surface area contributed by atoms with Gasteiger partial charge < -0.3 is 20.3 Å². The molecule has 6 heteroatoms. The average Bonchev–Trinajstić information content (AvgIpc) is 2.56. The molecule has 0 aromatic heterocycles. The van der Waals surface area contributed by atoms with Crippen molar-refractivity contribution in [2.45, 2.75) is 19.4 Å². The quantitative estimate of drug-likeness (QED) is 0.771. The predicted molar refractivity (Wildman–Crippen MR) is 88.4 cm³/mol. The van der Waals surface area contributed by atoms with Crippen molar-refractivity contribution >= 4 is 11.8 Å². The van der Waals surface area contributed by atoms with Gasteiger partial charge in [-0.05, 0) is 55.3 Å². The van der Waals surface area contributed by atoms with Crippen LogP contribution < -0.4 is 15.2 Å². The Morgan fingerprint density at radius 1 is 1.00 bits per heavy atom. The zero-order valence-electron chi connectivity index (χ0n) is 13.3. The SMILES string of the molecule is CC(=O)COc1ccc(Oc2ccc(CC(N)C(=O)O)cc2)cc1. The summed E-state index contributed by atoms with van der Waals surface area (Å²) in [7, 11) is 0. The maximum absolute atomic E-state index is 10.9. The summed E-state index contributed by atoms with van der Waals surface area (Å²) < 4.78 is 11.0. The minimum Gasteiger partial charge on any atom is -0.486 e. The summed E-state index contributed by atoms with van der Waals surface area (Å²) in [6.45, 7) is 1.50. The van der Waals surface area contributed by atoms with Crippen molar-refractivity contribution in [3.05, 3.63) is 54.1 Å². The van der Waals surface area contributed by atoms with Crippen LogP contribution in [-0.4, -0.2) is 29.5 Å². The van der Waals surface area contributed by atoms with Crippen LogP contribution >= 0.6 is 0 Å². The van der Waals surface area contributed by atoms with Crippen LogP contribution in [0.5, 0.6) is 17.2 Å². The smallest absolute Gasteiger partial charge is 0.320 e. The molecule has 24 heavy (non-hydrogen) atoms. The summed E-state index contributed by atoms with van der Waals surface area (Å²) in [5, 5.41) is 8.81. The first-order chi connectivity index (χ1) is 11.4. The lowest BCUT2D eigenvalue weighted by molar-refractivity contribution is -0.138. The lowest BCUT2D eigenvalue weighted by atomic mass is 10.1. The van der Waals surface area contributed by atoms with Gasteiger partial charge in [0.25, 0.3) is 0 Å². The van der Waals surface area contributed by atoms with E-state index in [1.165, 1.54) is 6.92 Å². The molecule has 2 aromatic carbocycles. The molecule has 0 fully saturated rings. The van der Waals surface area contributed by atoms with Gasteiger partial charge in [-0.1, -0.05) is 12.1 Å². The molecule has 0 aliphatic carbocycles. The molecule has 6 nitrogen and oxygen atoms in total. The molecule has 1 atom stereocenters. The Balaban J connectivity index is 1.93. The van der Waals surface area contributed by atoms with Crippen LogP contribution in [0.3, 0.4) is 0 Å². The standard InChI is InChI=1S/C18H19NO5/c1-12(20)11-23-14-6-8-16(9-7-14)24-15-4-2-13(3-5-15)10-17(19)18(21)22/h2-9,17H,10-11,19H2,1H3,(H,21,22). The first-order valence-corrected chi connectivity index (χ1v) is 7.41. The van der Waals surface area contributed by atoms with Gasteiger partial charge in [0.2, 0.25) is 0 Å². The van der Waals surface area contributed by atoms with Crippen molar-refractivity contribution < 1.29 is 24.2 Å². The first-order valence-electron chi connectivity index (χ1n) is 7.41. The monoisotopic (exact) mass is 329 g/mol. The summed E-state index contributed by atoms with van der Waals surface area (Å²) in [5.41, 5.74) is 6.33. The third-order valence-electron chi connectivity index (χ3n) is 3.20. The Morgan fingerprint density at radius 2 is 1.50 bits per heavy atom.